The van der Waals surface area contributed by atoms with E-state index in [2.05, 4.69) is 55.5 Å². The third kappa shape index (κ3) is 10.3. The lowest BCUT2D eigenvalue weighted by Gasteiger charge is -2.36. The number of unbranched alkanes of at least 4 members (excludes halogenated alkanes) is 1. The van der Waals surface area contributed by atoms with Gasteiger partial charge in [0.2, 0.25) is 17.7 Å². The van der Waals surface area contributed by atoms with E-state index in [9.17, 15) is 24.0 Å². The Bertz CT molecular complexity index is 2090. The predicted octanol–water partition coefficient (Wildman–Crippen LogP) is 4.42. The number of nitrogens with zero attached hydrogens (tertiary/aromatic N) is 5. The summed E-state index contributed by atoms with van der Waals surface area (Å²) in [5.74, 6) is 6.17. The van der Waals surface area contributed by atoms with Gasteiger partial charge in [-0.1, -0.05) is 36.1 Å². The fraction of sp³-hybridized carbons (Fsp3) is 0.391. The minimum Gasteiger partial charge on any atom is -0.369 e. The van der Waals surface area contributed by atoms with E-state index in [0.717, 1.165) is 106 Å². The summed E-state index contributed by atoms with van der Waals surface area (Å²) in [6, 6.07) is 16.7. The first-order chi connectivity index (χ1) is 28.3. The summed E-state index contributed by atoms with van der Waals surface area (Å²) in [7, 11) is 0. The van der Waals surface area contributed by atoms with Crippen LogP contribution in [0.25, 0.3) is 6.08 Å². The van der Waals surface area contributed by atoms with E-state index in [-0.39, 0.29) is 30.0 Å². The molecule has 0 bridgehead atoms. The van der Waals surface area contributed by atoms with Crippen LogP contribution in [-0.2, 0) is 20.9 Å². The van der Waals surface area contributed by atoms with Crippen molar-refractivity contribution in [3.05, 3.63) is 113 Å². The zero-order chi connectivity index (χ0) is 40.3. The van der Waals surface area contributed by atoms with E-state index >= 15 is 0 Å². The van der Waals surface area contributed by atoms with Gasteiger partial charge in [-0.3, -0.25) is 39.2 Å². The molecule has 58 heavy (non-hydrogen) atoms. The second-order valence-electron chi connectivity index (χ2n) is 15.3. The first-order valence-corrected chi connectivity index (χ1v) is 20.5. The van der Waals surface area contributed by atoms with Crippen LogP contribution in [0, 0.1) is 17.8 Å². The van der Waals surface area contributed by atoms with Crippen molar-refractivity contribution in [1.82, 2.24) is 30.3 Å². The zero-order valence-electron chi connectivity index (χ0n) is 32.9. The number of allylic oxidation sites excluding steroid dienone is 1. The smallest absolute Gasteiger partial charge is 0.255 e. The molecule has 7 rings (SSSR count). The highest BCUT2D eigenvalue weighted by Gasteiger charge is 2.39. The molecule has 1 unspecified atom stereocenters. The normalized spacial score (nSPS) is 19.0. The summed E-state index contributed by atoms with van der Waals surface area (Å²) in [6.07, 6.45) is 15.9. The molecule has 5 heterocycles. The fourth-order valence-electron chi connectivity index (χ4n) is 8.09. The average molecular weight is 782 g/mol. The monoisotopic (exact) mass is 781 g/mol. The van der Waals surface area contributed by atoms with E-state index < -0.39 is 11.9 Å². The van der Waals surface area contributed by atoms with Gasteiger partial charge in [-0.15, -0.1) is 0 Å². The van der Waals surface area contributed by atoms with Gasteiger partial charge >= 0.3 is 0 Å². The molecular weight excluding hydrogens is 731 g/mol. The number of anilines is 1. The quantitative estimate of drug-likeness (QED) is 0.0908. The molecule has 2 aromatic carbocycles. The van der Waals surface area contributed by atoms with Gasteiger partial charge in [0.25, 0.3) is 11.8 Å². The molecule has 4 aliphatic rings. The maximum absolute atomic E-state index is 13.3. The molecular formula is C46H51N7O5. The highest BCUT2D eigenvalue weighted by atomic mass is 16.2. The third-order valence-electron chi connectivity index (χ3n) is 11.5. The highest BCUT2D eigenvalue weighted by Crippen LogP contribution is 2.30. The lowest BCUT2D eigenvalue weighted by molar-refractivity contribution is -0.137. The van der Waals surface area contributed by atoms with Crippen LogP contribution in [0.3, 0.4) is 0 Å². The number of imide groups is 1. The van der Waals surface area contributed by atoms with Crippen LogP contribution in [-0.4, -0.2) is 108 Å². The number of hydrogen-bond donors (Lipinski definition) is 2. The van der Waals surface area contributed by atoms with Crippen molar-refractivity contribution in [2.75, 3.05) is 57.3 Å². The van der Waals surface area contributed by atoms with Gasteiger partial charge in [0, 0.05) is 106 Å². The second-order valence-corrected chi connectivity index (χ2v) is 15.3. The molecule has 300 valence electrons. The topological polar surface area (TPSA) is 135 Å². The number of aromatic nitrogens is 1. The largest absolute Gasteiger partial charge is 0.369 e. The molecule has 12 heteroatoms. The van der Waals surface area contributed by atoms with Crippen LogP contribution >= 0.6 is 0 Å². The number of rotatable bonds is 12. The number of piperidine rings is 2. The van der Waals surface area contributed by atoms with Crippen LogP contribution in [0.1, 0.15) is 82.4 Å². The number of amides is 5. The van der Waals surface area contributed by atoms with E-state index in [1.807, 2.05) is 47.4 Å². The molecule has 3 aromatic rings. The Hall–Kier alpha value is -6.06. The molecule has 4 aliphatic heterocycles. The number of carbonyl (C=O) groups excluding carboxylic acids is 5. The molecule has 5 amide bonds. The number of likely N-dealkylation sites (tertiary alicyclic amines) is 1. The average Bonchev–Trinajstić information content (AvgIpc) is 3.59. The maximum atomic E-state index is 13.3. The van der Waals surface area contributed by atoms with E-state index in [1.165, 1.54) is 6.08 Å². The van der Waals surface area contributed by atoms with Crippen molar-refractivity contribution in [2.24, 2.45) is 5.92 Å². The van der Waals surface area contributed by atoms with Crippen LogP contribution in [0.4, 0.5) is 5.69 Å². The number of fused-ring (bicyclic) bond motifs is 1. The predicted molar refractivity (Wildman–Crippen MR) is 222 cm³/mol. The molecule has 0 aliphatic carbocycles. The molecule has 1 atom stereocenters. The van der Waals surface area contributed by atoms with Crippen LogP contribution in [0.5, 0.6) is 0 Å². The summed E-state index contributed by atoms with van der Waals surface area (Å²) >= 11 is 0. The van der Waals surface area contributed by atoms with Gasteiger partial charge in [0.1, 0.15) is 6.04 Å². The minimum atomic E-state index is -0.635. The summed E-state index contributed by atoms with van der Waals surface area (Å²) in [5, 5.41) is 5.23. The van der Waals surface area contributed by atoms with Crippen molar-refractivity contribution in [2.45, 2.75) is 57.5 Å². The van der Waals surface area contributed by atoms with E-state index in [1.54, 1.807) is 29.4 Å². The Morgan fingerprint density at radius 3 is 2.48 bits per heavy atom. The SMILES string of the molecule is O=C(/C=C/c1cccnc1)NC/C=C/CC1CCN(C(=O)c2ccc(N3CCN(CCCC#Cc4cccc5c4CN(C4CCC(=O)NC4=O)C5=O)CC3)cc2)CC1. The Labute approximate surface area is 340 Å². The number of nitrogens with one attached hydrogen (secondary N) is 2. The maximum Gasteiger partial charge on any atom is 0.255 e. The number of piperazine rings is 1. The van der Waals surface area contributed by atoms with Crippen molar-refractivity contribution in [3.63, 3.8) is 0 Å². The third-order valence-corrected chi connectivity index (χ3v) is 11.5. The first kappa shape index (κ1) is 40.1. The van der Waals surface area contributed by atoms with Crippen LogP contribution < -0.4 is 15.5 Å². The molecule has 1 aromatic heterocycles. The molecule has 3 saturated heterocycles. The summed E-state index contributed by atoms with van der Waals surface area (Å²) < 4.78 is 0. The molecule has 2 N–H and O–H groups in total. The summed E-state index contributed by atoms with van der Waals surface area (Å²) in [5.41, 5.74) is 5.00. The lowest BCUT2D eigenvalue weighted by Crippen LogP contribution is -2.52. The highest BCUT2D eigenvalue weighted by molar-refractivity contribution is 6.05. The molecule has 3 fully saturated rings. The van der Waals surface area contributed by atoms with Gasteiger partial charge < -0.3 is 20.0 Å². The molecule has 0 spiro atoms. The number of benzene rings is 2. The fourth-order valence-corrected chi connectivity index (χ4v) is 8.09. The second kappa shape index (κ2) is 19.4. The van der Waals surface area contributed by atoms with Crippen LogP contribution in [0.15, 0.2) is 85.2 Å². The number of pyridine rings is 1. The standard InChI is InChI=1S/C46H51N7O5/c54-42(19-13-35-9-7-23-47-32-35)48-24-4-3-8-34-21-26-52(27-22-34)45(57)37-14-16-38(17-15-37)51-30-28-50(29-31-51)25-5-1-2-10-36-11-6-12-39-40(36)33-53(46(39)58)41-18-20-43(55)49-44(41)56/h3-4,6-7,9,11-17,19,23,32,34,41H,1,5,8,18,20-22,24-31,33H2,(H,48,54)(H,49,55,56)/b4-3+,19-13+. The Balaban J connectivity index is 0.778. The van der Waals surface area contributed by atoms with Crippen LogP contribution in [0.2, 0.25) is 0 Å². The van der Waals surface area contributed by atoms with E-state index in [4.69, 9.17) is 0 Å². The number of hydrogen-bond acceptors (Lipinski definition) is 8. The lowest BCUT2D eigenvalue weighted by atomic mass is 9.93. The van der Waals surface area contributed by atoms with Crippen molar-refractivity contribution < 1.29 is 24.0 Å². The first-order valence-electron chi connectivity index (χ1n) is 20.5. The van der Waals surface area contributed by atoms with Crippen molar-refractivity contribution in [3.8, 4) is 11.8 Å². The number of carbonyl (C=O) groups is 5. The summed E-state index contributed by atoms with van der Waals surface area (Å²) in [6.45, 7) is 7.04. The van der Waals surface area contributed by atoms with Gasteiger partial charge in [-0.05, 0) is 104 Å². The Morgan fingerprint density at radius 1 is 0.914 bits per heavy atom. The zero-order valence-corrected chi connectivity index (χ0v) is 32.9. The molecule has 0 radical (unpaired) electrons. The molecule has 0 saturated carbocycles. The van der Waals surface area contributed by atoms with Gasteiger partial charge in [0.15, 0.2) is 0 Å². The Morgan fingerprint density at radius 2 is 1.72 bits per heavy atom. The summed E-state index contributed by atoms with van der Waals surface area (Å²) in [4.78, 5) is 74.9. The van der Waals surface area contributed by atoms with Crippen molar-refractivity contribution in [1.29, 1.82) is 0 Å². The van der Waals surface area contributed by atoms with Gasteiger partial charge in [0.05, 0.1) is 0 Å². The Kier molecular flexibility index (Phi) is 13.4. The minimum absolute atomic E-state index is 0.0925. The van der Waals surface area contributed by atoms with Gasteiger partial charge in [-0.2, -0.15) is 0 Å². The van der Waals surface area contributed by atoms with Crippen molar-refractivity contribution >= 4 is 41.3 Å². The van der Waals surface area contributed by atoms with Gasteiger partial charge in [-0.25, -0.2) is 0 Å². The molecule has 12 nitrogen and oxygen atoms in total. The van der Waals surface area contributed by atoms with E-state index in [0.29, 0.717) is 31.0 Å².